The summed E-state index contributed by atoms with van der Waals surface area (Å²) in [4.78, 5) is 25.0. The second-order valence-electron chi connectivity index (χ2n) is 6.34. The van der Waals surface area contributed by atoms with Crippen LogP contribution in [0.5, 0.6) is 0 Å². The number of carbonyl (C=O) groups excluding carboxylic acids is 2. The molecule has 0 spiro atoms. The highest BCUT2D eigenvalue weighted by molar-refractivity contribution is 6.06. The molecule has 0 fully saturated rings. The van der Waals surface area contributed by atoms with E-state index in [2.05, 4.69) is 10.6 Å². The summed E-state index contributed by atoms with van der Waals surface area (Å²) in [6, 6.07) is 23.1. The lowest BCUT2D eigenvalue weighted by molar-refractivity contribution is 0.0951. The van der Waals surface area contributed by atoms with Crippen LogP contribution in [0, 0.1) is 18.3 Å². The molecule has 28 heavy (non-hydrogen) atoms. The zero-order chi connectivity index (χ0) is 19.9. The summed E-state index contributed by atoms with van der Waals surface area (Å²) in [6.07, 6.45) is 0. The number of amides is 2. The number of anilines is 1. The fraction of sp³-hybridized carbons (Fsp3) is 0.0870. The van der Waals surface area contributed by atoms with Crippen molar-refractivity contribution in [1.82, 2.24) is 5.32 Å². The molecular weight excluding hydrogens is 350 g/mol. The number of nitriles is 1. The number of nitrogens with one attached hydrogen (secondary N) is 2. The summed E-state index contributed by atoms with van der Waals surface area (Å²) in [5.74, 6) is -0.590. The fourth-order valence-electron chi connectivity index (χ4n) is 2.76. The minimum Gasteiger partial charge on any atom is -0.348 e. The molecule has 2 N–H and O–H groups in total. The van der Waals surface area contributed by atoms with Gasteiger partial charge in [-0.3, -0.25) is 9.59 Å². The van der Waals surface area contributed by atoms with E-state index in [-0.39, 0.29) is 11.8 Å². The first kappa shape index (κ1) is 18.9. The van der Waals surface area contributed by atoms with Crippen LogP contribution in [0.3, 0.4) is 0 Å². The van der Waals surface area contributed by atoms with E-state index in [1.54, 1.807) is 48.5 Å². The van der Waals surface area contributed by atoms with Crippen molar-refractivity contribution in [2.75, 3.05) is 5.32 Å². The molecule has 0 aliphatic rings. The van der Waals surface area contributed by atoms with E-state index in [4.69, 9.17) is 5.26 Å². The van der Waals surface area contributed by atoms with Gasteiger partial charge in [-0.05, 0) is 54.4 Å². The molecule has 0 aromatic heterocycles. The molecule has 0 saturated heterocycles. The predicted molar refractivity (Wildman–Crippen MR) is 108 cm³/mol. The molecule has 0 saturated carbocycles. The number of nitrogens with zero attached hydrogens (tertiary/aromatic N) is 1. The van der Waals surface area contributed by atoms with E-state index in [0.29, 0.717) is 28.9 Å². The Morgan fingerprint density at radius 2 is 1.61 bits per heavy atom. The van der Waals surface area contributed by atoms with E-state index >= 15 is 0 Å². The summed E-state index contributed by atoms with van der Waals surface area (Å²) in [5, 5.41) is 14.6. The topological polar surface area (TPSA) is 82.0 Å². The van der Waals surface area contributed by atoms with Gasteiger partial charge in [0.05, 0.1) is 11.6 Å². The first-order valence-electron chi connectivity index (χ1n) is 8.81. The van der Waals surface area contributed by atoms with Crippen molar-refractivity contribution in [1.29, 1.82) is 5.26 Å². The summed E-state index contributed by atoms with van der Waals surface area (Å²) < 4.78 is 0. The van der Waals surface area contributed by atoms with Gasteiger partial charge in [0.25, 0.3) is 11.8 Å². The Bertz CT molecular complexity index is 1070. The van der Waals surface area contributed by atoms with Gasteiger partial charge in [-0.15, -0.1) is 0 Å². The maximum atomic E-state index is 12.5. The van der Waals surface area contributed by atoms with Gasteiger partial charge in [0.1, 0.15) is 0 Å². The highest BCUT2D eigenvalue weighted by Crippen LogP contribution is 2.13. The Balaban J connectivity index is 1.69. The van der Waals surface area contributed by atoms with Gasteiger partial charge in [0, 0.05) is 23.4 Å². The molecule has 3 rings (SSSR count). The highest BCUT2D eigenvalue weighted by Gasteiger charge is 2.11. The van der Waals surface area contributed by atoms with E-state index in [1.807, 2.05) is 37.3 Å². The minimum atomic E-state index is -0.344. The van der Waals surface area contributed by atoms with Gasteiger partial charge < -0.3 is 10.6 Å². The monoisotopic (exact) mass is 369 g/mol. The third-order valence-electron chi connectivity index (χ3n) is 4.34. The summed E-state index contributed by atoms with van der Waals surface area (Å²) in [5.41, 5.74) is 3.91. The van der Waals surface area contributed by atoms with Crippen LogP contribution in [0.25, 0.3) is 0 Å². The number of benzene rings is 3. The molecule has 0 bridgehead atoms. The molecule has 5 heteroatoms. The van der Waals surface area contributed by atoms with Crippen LogP contribution in [0.4, 0.5) is 5.69 Å². The molecule has 0 radical (unpaired) electrons. The Morgan fingerprint density at radius 3 is 2.36 bits per heavy atom. The van der Waals surface area contributed by atoms with E-state index < -0.39 is 0 Å². The van der Waals surface area contributed by atoms with Crippen LogP contribution in [-0.4, -0.2) is 11.8 Å². The second kappa shape index (κ2) is 8.65. The molecule has 0 unspecified atom stereocenters. The molecule has 2 amide bonds. The smallest absolute Gasteiger partial charge is 0.255 e. The first-order chi connectivity index (χ1) is 13.6. The Labute approximate surface area is 163 Å². The SMILES string of the molecule is Cc1ccccc1CNC(=O)c1cccc(C(=O)Nc2cccc(C#N)c2)c1. The van der Waals surface area contributed by atoms with Crippen LogP contribution in [0.2, 0.25) is 0 Å². The van der Waals surface area contributed by atoms with Gasteiger partial charge in [-0.25, -0.2) is 0 Å². The van der Waals surface area contributed by atoms with Crippen molar-refractivity contribution in [3.05, 3.63) is 101 Å². The van der Waals surface area contributed by atoms with Crippen LogP contribution >= 0.6 is 0 Å². The average molecular weight is 369 g/mol. The first-order valence-corrected chi connectivity index (χ1v) is 8.81. The van der Waals surface area contributed by atoms with Crippen molar-refractivity contribution in [2.45, 2.75) is 13.5 Å². The van der Waals surface area contributed by atoms with Gasteiger partial charge in [-0.1, -0.05) is 36.4 Å². The van der Waals surface area contributed by atoms with E-state index in [1.165, 1.54) is 0 Å². The van der Waals surface area contributed by atoms with Gasteiger partial charge in [0.15, 0.2) is 0 Å². The number of rotatable bonds is 5. The second-order valence-corrected chi connectivity index (χ2v) is 6.34. The van der Waals surface area contributed by atoms with Gasteiger partial charge in [-0.2, -0.15) is 5.26 Å². The molecule has 3 aromatic rings. The maximum absolute atomic E-state index is 12.5. The predicted octanol–water partition coefficient (Wildman–Crippen LogP) is 4.05. The summed E-state index contributed by atoms with van der Waals surface area (Å²) in [6.45, 7) is 2.41. The van der Waals surface area contributed by atoms with Crippen LogP contribution in [0.1, 0.15) is 37.4 Å². The summed E-state index contributed by atoms with van der Waals surface area (Å²) in [7, 11) is 0. The van der Waals surface area contributed by atoms with Crippen molar-refractivity contribution < 1.29 is 9.59 Å². The van der Waals surface area contributed by atoms with Crippen molar-refractivity contribution in [3.8, 4) is 6.07 Å². The Kier molecular flexibility index (Phi) is 5.83. The number of hydrogen-bond acceptors (Lipinski definition) is 3. The zero-order valence-corrected chi connectivity index (χ0v) is 15.4. The van der Waals surface area contributed by atoms with Crippen molar-refractivity contribution in [3.63, 3.8) is 0 Å². The number of carbonyl (C=O) groups is 2. The van der Waals surface area contributed by atoms with Gasteiger partial charge in [0.2, 0.25) is 0 Å². The third kappa shape index (κ3) is 4.63. The molecule has 0 aliphatic carbocycles. The Hall–Kier alpha value is -3.91. The summed E-state index contributed by atoms with van der Waals surface area (Å²) >= 11 is 0. The quantitative estimate of drug-likeness (QED) is 0.712. The molecule has 0 atom stereocenters. The van der Waals surface area contributed by atoms with E-state index in [9.17, 15) is 9.59 Å². The molecule has 138 valence electrons. The lowest BCUT2D eigenvalue weighted by Crippen LogP contribution is -2.23. The minimum absolute atomic E-state index is 0.246. The molecule has 3 aromatic carbocycles. The molecule has 0 aliphatic heterocycles. The van der Waals surface area contributed by atoms with Crippen molar-refractivity contribution in [2.24, 2.45) is 0 Å². The molecule has 5 nitrogen and oxygen atoms in total. The largest absolute Gasteiger partial charge is 0.348 e. The lowest BCUT2D eigenvalue weighted by Gasteiger charge is -2.09. The molecular formula is C23H19N3O2. The standard InChI is InChI=1S/C23H19N3O2/c1-16-6-2-3-8-20(16)15-25-22(27)18-9-5-10-19(13-18)23(28)26-21-11-4-7-17(12-21)14-24/h2-13H,15H2,1H3,(H,25,27)(H,26,28). The average Bonchev–Trinajstić information content (AvgIpc) is 2.73. The zero-order valence-electron chi connectivity index (χ0n) is 15.4. The lowest BCUT2D eigenvalue weighted by atomic mass is 10.1. The Morgan fingerprint density at radius 1 is 0.893 bits per heavy atom. The highest BCUT2D eigenvalue weighted by atomic mass is 16.2. The van der Waals surface area contributed by atoms with Gasteiger partial charge >= 0.3 is 0 Å². The van der Waals surface area contributed by atoms with Crippen LogP contribution in [0.15, 0.2) is 72.8 Å². The van der Waals surface area contributed by atoms with Crippen LogP contribution < -0.4 is 10.6 Å². The van der Waals surface area contributed by atoms with E-state index in [0.717, 1.165) is 11.1 Å². The number of aryl methyl sites for hydroxylation is 1. The third-order valence-corrected chi connectivity index (χ3v) is 4.34. The molecule has 0 heterocycles. The van der Waals surface area contributed by atoms with Crippen molar-refractivity contribution >= 4 is 17.5 Å². The van der Waals surface area contributed by atoms with Crippen LogP contribution in [-0.2, 0) is 6.54 Å². The maximum Gasteiger partial charge on any atom is 0.255 e. The fourth-order valence-corrected chi connectivity index (χ4v) is 2.76. The number of hydrogen-bond donors (Lipinski definition) is 2. The normalized spacial score (nSPS) is 10.0.